The molecule has 1 unspecified atom stereocenters. The number of nitro groups is 1. The number of nitro benzene ring substituents is 1. The lowest BCUT2D eigenvalue weighted by molar-refractivity contribution is -0.384. The molecule has 0 spiro atoms. The molecule has 0 fully saturated rings. The number of benzene rings is 1. The van der Waals surface area contributed by atoms with E-state index in [4.69, 9.17) is 9.84 Å². The van der Waals surface area contributed by atoms with Crippen LogP contribution < -0.4 is 10.1 Å². The van der Waals surface area contributed by atoms with Crippen molar-refractivity contribution in [2.75, 3.05) is 11.9 Å². The first kappa shape index (κ1) is 15.7. The van der Waals surface area contributed by atoms with Gasteiger partial charge in [-0.05, 0) is 25.5 Å². The number of carboxylic acid groups (broad SMARTS) is 1. The fraction of sp³-hybridized carbons (Fsp3) is 0.462. The molecule has 0 aliphatic rings. The lowest BCUT2D eigenvalue weighted by Crippen LogP contribution is -2.29. The van der Waals surface area contributed by atoms with E-state index >= 15 is 0 Å². The van der Waals surface area contributed by atoms with Gasteiger partial charge in [-0.15, -0.1) is 0 Å². The molecule has 0 radical (unpaired) electrons. The van der Waals surface area contributed by atoms with E-state index in [1.807, 2.05) is 6.92 Å². The van der Waals surface area contributed by atoms with Gasteiger partial charge in [0.05, 0.1) is 11.5 Å². The first-order valence-corrected chi connectivity index (χ1v) is 6.40. The number of aliphatic carboxylic acids is 1. The summed E-state index contributed by atoms with van der Waals surface area (Å²) in [6.45, 7) is 3.87. The molecule has 1 aromatic carbocycles. The number of hydrogen-bond acceptors (Lipinski definition) is 5. The van der Waals surface area contributed by atoms with Gasteiger partial charge in [0.2, 0.25) is 0 Å². The van der Waals surface area contributed by atoms with Crippen LogP contribution in [0.3, 0.4) is 0 Å². The normalized spacial score (nSPS) is 11.7. The van der Waals surface area contributed by atoms with Gasteiger partial charge in [0.15, 0.2) is 5.75 Å². The van der Waals surface area contributed by atoms with E-state index in [0.29, 0.717) is 19.4 Å². The average Bonchev–Trinajstić information content (AvgIpc) is 2.38. The molecule has 7 nitrogen and oxygen atoms in total. The van der Waals surface area contributed by atoms with Gasteiger partial charge in [0.25, 0.3) is 0 Å². The topological polar surface area (TPSA) is 102 Å². The van der Waals surface area contributed by atoms with Crippen LogP contribution in [0.25, 0.3) is 0 Å². The molecule has 7 heteroatoms. The second kappa shape index (κ2) is 7.32. The van der Waals surface area contributed by atoms with Crippen LogP contribution in [0.4, 0.5) is 11.4 Å². The summed E-state index contributed by atoms with van der Waals surface area (Å²) in [6.07, 6.45) is 1.04. The number of anilines is 1. The van der Waals surface area contributed by atoms with Crippen molar-refractivity contribution < 1.29 is 19.6 Å². The predicted octanol–water partition coefficient (Wildman–Crippen LogP) is 2.66. The highest BCUT2D eigenvalue weighted by Crippen LogP contribution is 2.35. The van der Waals surface area contributed by atoms with Crippen LogP contribution in [-0.4, -0.2) is 28.6 Å². The molecule has 0 saturated heterocycles. The minimum absolute atomic E-state index is 0.128. The molecule has 2 N–H and O–H groups in total. The third kappa shape index (κ3) is 3.84. The molecule has 0 heterocycles. The molecule has 0 aliphatic carbocycles. The molecule has 1 aromatic rings. The number of nitrogens with one attached hydrogen (secondary N) is 1. The van der Waals surface area contributed by atoms with Gasteiger partial charge in [-0.2, -0.15) is 0 Å². The van der Waals surface area contributed by atoms with Crippen LogP contribution in [0.5, 0.6) is 5.75 Å². The van der Waals surface area contributed by atoms with E-state index in [-0.39, 0.29) is 17.1 Å². The van der Waals surface area contributed by atoms with Gasteiger partial charge in [-0.1, -0.05) is 19.4 Å². The fourth-order valence-electron chi connectivity index (χ4n) is 1.83. The van der Waals surface area contributed by atoms with Gasteiger partial charge in [0.1, 0.15) is 11.7 Å². The van der Waals surface area contributed by atoms with Crippen molar-refractivity contribution in [3.63, 3.8) is 0 Å². The van der Waals surface area contributed by atoms with Gasteiger partial charge < -0.3 is 15.2 Å². The zero-order valence-electron chi connectivity index (χ0n) is 11.5. The maximum Gasteiger partial charge on any atom is 0.333 e. The van der Waals surface area contributed by atoms with E-state index in [9.17, 15) is 14.9 Å². The molecule has 0 aliphatic heterocycles. The molecule has 0 saturated carbocycles. The van der Waals surface area contributed by atoms with Gasteiger partial charge in [-0.3, -0.25) is 10.1 Å². The van der Waals surface area contributed by atoms with Crippen molar-refractivity contribution in [1.82, 2.24) is 0 Å². The Bertz CT molecular complexity index is 490. The maximum atomic E-state index is 11.2. The van der Waals surface area contributed by atoms with E-state index in [1.54, 1.807) is 13.0 Å². The van der Waals surface area contributed by atoms with Crippen molar-refractivity contribution in [2.45, 2.75) is 32.7 Å². The van der Waals surface area contributed by atoms with Crippen molar-refractivity contribution >= 4 is 17.3 Å². The first-order chi connectivity index (χ1) is 9.51. The molecule has 1 atom stereocenters. The Labute approximate surface area is 116 Å². The van der Waals surface area contributed by atoms with Crippen LogP contribution in [0, 0.1) is 10.1 Å². The molecule has 0 aromatic heterocycles. The SMILES string of the molecule is CCCC(Nc1cccc(OCC)c1[N+](=O)[O-])C(=O)O. The molecular formula is C13H18N2O5. The summed E-state index contributed by atoms with van der Waals surface area (Å²) in [7, 11) is 0. The largest absolute Gasteiger partial charge is 0.487 e. The van der Waals surface area contributed by atoms with Crippen LogP contribution >= 0.6 is 0 Å². The number of carboxylic acids is 1. The van der Waals surface area contributed by atoms with Crippen LogP contribution in [-0.2, 0) is 4.79 Å². The summed E-state index contributed by atoms with van der Waals surface area (Å²) in [5.41, 5.74) is -0.0847. The van der Waals surface area contributed by atoms with E-state index in [2.05, 4.69) is 5.32 Å². The lowest BCUT2D eigenvalue weighted by atomic mass is 10.1. The Balaban J connectivity index is 3.13. The number of carbonyl (C=O) groups is 1. The van der Waals surface area contributed by atoms with Crippen molar-refractivity contribution in [1.29, 1.82) is 0 Å². The molecule has 1 rings (SSSR count). The summed E-state index contributed by atoms with van der Waals surface area (Å²) >= 11 is 0. The van der Waals surface area contributed by atoms with Gasteiger partial charge >= 0.3 is 11.7 Å². The van der Waals surface area contributed by atoms with Gasteiger partial charge in [-0.25, -0.2) is 4.79 Å². The standard InChI is InChI=1S/C13H18N2O5/c1-3-6-10(13(16)17)14-9-7-5-8-11(20-4-2)12(9)15(18)19/h5,7-8,10,14H,3-4,6H2,1-2H3,(H,16,17). The van der Waals surface area contributed by atoms with Crippen LogP contribution in [0.2, 0.25) is 0 Å². The molecule has 20 heavy (non-hydrogen) atoms. The number of nitrogens with zero attached hydrogens (tertiary/aromatic N) is 1. The minimum Gasteiger partial charge on any atom is -0.487 e. The lowest BCUT2D eigenvalue weighted by Gasteiger charge is -2.16. The molecular weight excluding hydrogens is 264 g/mol. The van der Waals surface area contributed by atoms with Crippen molar-refractivity contribution in [2.24, 2.45) is 0 Å². The highest BCUT2D eigenvalue weighted by Gasteiger charge is 2.25. The number of para-hydroxylation sites is 1. The van der Waals surface area contributed by atoms with Crippen molar-refractivity contribution in [3.8, 4) is 5.75 Å². The van der Waals surface area contributed by atoms with Crippen LogP contribution in [0.1, 0.15) is 26.7 Å². The number of ether oxygens (including phenoxy) is 1. The Morgan fingerprint density at radius 3 is 2.70 bits per heavy atom. The summed E-state index contributed by atoms with van der Waals surface area (Å²) < 4.78 is 5.21. The second-order valence-electron chi connectivity index (χ2n) is 4.17. The summed E-state index contributed by atoms with van der Waals surface area (Å²) in [4.78, 5) is 21.7. The predicted molar refractivity (Wildman–Crippen MR) is 74.2 cm³/mol. The van der Waals surface area contributed by atoms with E-state index in [0.717, 1.165) is 0 Å². The van der Waals surface area contributed by atoms with E-state index < -0.39 is 16.9 Å². The van der Waals surface area contributed by atoms with E-state index in [1.165, 1.54) is 12.1 Å². The monoisotopic (exact) mass is 282 g/mol. The summed E-state index contributed by atoms with van der Waals surface area (Å²) in [5.74, 6) is -0.911. The zero-order chi connectivity index (χ0) is 15.1. The summed E-state index contributed by atoms with van der Waals surface area (Å²) in [6, 6.07) is 3.69. The third-order valence-corrected chi connectivity index (χ3v) is 2.69. The molecule has 110 valence electrons. The number of hydrogen-bond donors (Lipinski definition) is 2. The quantitative estimate of drug-likeness (QED) is 0.561. The second-order valence-corrected chi connectivity index (χ2v) is 4.17. The average molecular weight is 282 g/mol. The maximum absolute atomic E-state index is 11.2. The molecule has 0 amide bonds. The zero-order valence-corrected chi connectivity index (χ0v) is 11.5. The molecule has 0 bridgehead atoms. The number of rotatable bonds is 8. The van der Waals surface area contributed by atoms with Gasteiger partial charge in [0, 0.05) is 0 Å². The third-order valence-electron chi connectivity index (χ3n) is 2.69. The highest BCUT2D eigenvalue weighted by molar-refractivity contribution is 5.80. The Hall–Kier alpha value is -2.31. The van der Waals surface area contributed by atoms with Crippen molar-refractivity contribution in [3.05, 3.63) is 28.3 Å². The Morgan fingerprint density at radius 1 is 1.50 bits per heavy atom. The first-order valence-electron chi connectivity index (χ1n) is 6.40. The van der Waals surface area contributed by atoms with Crippen LogP contribution in [0.15, 0.2) is 18.2 Å². The Morgan fingerprint density at radius 2 is 2.20 bits per heavy atom. The summed E-state index contributed by atoms with van der Waals surface area (Å²) in [5, 5.41) is 23.0. The minimum atomic E-state index is -1.04. The highest BCUT2D eigenvalue weighted by atomic mass is 16.6. The smallest absolute Gasteiger partial charge is 0.333 e. The fourth-order valence-corrected chi connectivity index (χ4v) is 1.83. The Kier molecular flexibility index (Phi) is 5.76.